The van der Waals surface area contributed by atoms with Crippen LogP contribution < -0.4 is 0 Å². The van der Waals surface area contributed by atoms with Gasteiger partial charge in [0.2, 0.25) is 0 Å². The second-order valence-corrected chi connectivity index (χ2v) is 8.58. The maximum absolute atomic E-state index is 12.5. The monoisotopic (exact) mass is 421 g/mol. The van der Waals surface area contributed by atoms with Gasteiger partial charge in [-0.05, 0) is 56.2 Å². The minimum absolute atomic E-state index is 0.00323. The van der Waals surface area contributed by atoms with E-state index in [1.807, 2.05) is 44.3 Å². The Labute approximate surface area is 186 Å². The molecule has 166 valence electrons. The van der Waals surface area contributed by atoms with E-state index < -0.39 is 0 Å². The number of carbonyl (C=O) groups excluding carboxylic acids is 1. The molecule has 2 aromatic rings. The molecule has 3 rings (SSSR count). The molecule has 2 aromatic carbocycles. The van der Waals surface area contributed by atoms with Gasteiger partial charge in [-0.25, -0.2) is 0 Å². The van der Waals surface area contributed by atoms with Crippen molar-refractivity contribution in [2.24, 2.45) is 0 Å². The Hall–Kier alpha value is -2.63. The molecule has 0 spiro atoms. The van der Waals surface area contributed by atoms with Crippen molar-refractivity contribution in [3.63, 3.8) is 0 Å². The van der Waals surface area contributed by atoms with Crippen LogP contribution in [0.4, 0.5) is 0 Å². The molecule has 1 saturated heterocycles. The lowest BCUT2D eigenvalue weighted by molar-refractivity contribution is 0.0306. The number of benzene rings is 2. The standard InChI is InChI=1S/C26H35N3O2/c1-6-15-28-17-20(4)29(18-19(28)3)25(23-9-8-10-24(30)16-23)21-11-13-22(14-12-21)26(31)27(5)7-2/h6,8-14,16,19-20,25,30H,1,7,15,17-18H2,2-5H3/t19-,20-,25-/m1/s1. The van der Waals surface area contributed by atoms with Crippen molar-refractivity contribution in [1.29, 1.82) is 0 Å². The summed E-state index contributed by atoms with van der Waals surface area (Å²) in [5.74, 6) is 0.299. The molecule has 1 aliphatic heterocycles. The van der Waals surface area contributed by atoms with Crippen LogP contribution in [0, 0.1) is 0 Å². The van der Waals surface area contributed by atoms with Crippen LogP contribution >= 0.6 is 0 Å². The van der Waals surface area contributed by atoms with Gasteiger partial charge in [0.25, 0.3) is 5.91 Å². The van der Waals surface area contributed by atoms with Crippen molar-refractivity contribution < 1.29 is 9.90 Å². The first-order chi connectivity index (χ1) is 14.8. The third kappa shape index (κ3) is 5.17. The van der Waals surface area contributed by atoms with Gasteiger partial charge in [-0.3, -0.25) is 14.6 Å². The van der Waals surface area contributed by atoms with E-state index >= 15 is 0 Å². The molecule has 0 saturated carbocycles. The molecule has 0 aromatic heterocycles. The summed E-state index contributed by atoms with van der Waals surface area (Å²) in [6, 6.07) is 16.2. The number of carbonyl (C=O) groups is 1. The average molecular weight is 422 g/mol. The molecule has 1 N–H and O–H groups in total. The number of amides is 1. The zero-order chi connectivity index (χ0) is 22.5. The van der Waals surface area contributed by atoms with E-state index in [9.17, 15) is 9.90 Å². The maximum atomic E-state index is 12.5. The summed E-state index contributed by atoms with van der Waals surface area (Å²) in [7, 11) is 1.82. The van der Waals surface area contributed by atoms with Crippen molar-refractivity contribution in [3.05, 3.63) is 77.9 Å². The summed E-state index contributed by atoms with van der Waals surface area (Å²) in [6.45, 7) is 13.8. The van der Waals surface area contributed by atoms with E-state index in [4.69, 9.17) is 0 Å². The molecular weight excluding hydrogens is 386 g/mol. The number of phenolic OH excluding ortho intramolecular Hbond substituents is 1. The number of hydrogen-bond donors (Lipinski definition) is 1. The zero-order valence-electron chi connectivity index (χ0n) is 19.2. The lowest BCUT2D eigenvalue weighted by atomic mass is 9.92. The van der Waals surface area contributed by atoms with Crippen LogP contribution in [0.5, 0.6) is 5.75 Å². The topological polar surface area (TPSA) is 47.0 Å². The highest BCUT2D eigenvalue weighted by Crippen LogP contribution is 2.34. The van der Waals surface area contributed by atoms with Crippen LogP contribution in [-0.4, -0.2) is 71.0 Å². The van der Waals surface area contributed by atoms with Gasteiger partial charge in [0, 0.05) is 50.9 Å². The van der Waals surface area contributed by atoms with Crippen LogP contribution in [-0.2, 0) is 0 Å². The van der Waals surface area contributed by atoms with Crippen molar-refractivity contribution in [1.82, 2.24) is 14.7 Å². The number of nitrogens with zero attached hydrogens (tertiary/aromatic N) is 3. The van der Waals surface area contributed by atoms with E-state index in [1.54, 1.807) is 11.0 Å². The van der Waals surface area contributed by atoms with Crippen LogP contribution in [0.2, 0.25) is 0 Å². The highest BCUT2D eigenvalue weighted by molar-refractivity contribution is 5.94. The Morgan fingerprint density at radius 1 is 1.16 bits per heavy atom. The Balaban J connectivity index is 1.96. The van der Waals surface area contributed by atoms with Gasteiger partial charge in [0.05, 0.1) is 6.04 Å². The molecule has 0 bridgehead atoms. The largest absolute Gasteiger partial charge is 0.508 e. The molecule has 1 amide bonds. The first-order valence-corrected chi connectivity index (χ1v) is 11.1. The van der Waals surface area contributed by atoms with E-state index in [2.05, 4.69) is 48.4 Å². The molecule has 0 unspecified atom stereocenters. The third-order valence-corrected chi connectivity index (χ3v) is 6.34. The molecule has 1 aliphatic rings. The van der Waals surface area contributed by atoms with Crippen molar-refractivity contribution in [2.75, 3.05) is 33.2 Å². The Kier molecular flexibility index (Phi) is 7.52. The van der Waals surface area contributed by atoms with Gasteiger partial charge >= 0.3 is 0 Å². The van der Waals surface area contributed by atoms with Crippen molar-refractivity contribution >= 4 is 5.91 Å². The summed E-state index contributed by atoms with van der Waals surface area (Å²) in [5, 5.41) is 10.2. The normalized spacial score (nSPS) is 20.9. The molecular formula is C26H35N3O2. The molecule has 1 fully saturated rings. The lowest BCUT2D eigenvalue weighted by Crippen LogP contribution is -2.57. The zero-order valence-corrected chi connectivity index (χ0v) is 19.2. The van der Waals surface area contributed by atoms with Crippen LogP contribution in [0.15, 0.2) is 61.2 Å². The van der Waals surface area contributed by atoms with Gasteiger partial charge in [-0.1, -0.05) is 30.3 Å². The SMILES string of the molecule is C=CCN1C[C@@H](C)N([C@H](c2ccc(C(=O)N(C)CC)cc2)c2cccc(O)c2)C[C@H]1C. The minimum Gasteiger partial charge on any atom is -0.508 e. The summed E-state index contributed by atoms with van der Waals surface area (Å²) < 4.78 is 0. The van der Waals surface area contributed by atoms with E-state index in [1.165, 1.54) is 0 Å². The number of piperazine rings is 1. The minimum atomic E-state index is 0.00323. The van der Waals surface area contributed by atoms with Crippen molar-refractivity contribution in [3.8, 4) is 5.75 Å². The van der Waals surface area contributed by atoms with E-state index in [0.29, 0.717) is 24.2 Å². The smallest absolute Gasteiger partial charge is 0.253 e. The van der Waals surface area contributed by atoms with Crippen molar-refractivity contribution in [2.45, 2.75) is 38.9 Å². The van der Waals surface area contributed by atoms with E-state index in [-0.39, 0.29) is 17.7 Å². The van der Waals surface area contributed by atoms with Gasteiger partial charge < -0.3 is 10.0 Å². The molecule has 5 heteroatoms. The average Bonchev–Trinajstić information content (AvgIpc) is 2.77. The molecule has 31 heavy (non-hydrogen) atoms. The predicted octanol–water partition coefficient (Wildman–Crippen LogP) is 4.15. The van der Waals surface area contributed by atoms with Crippen LogP contribution in [0.1, 0.15) is 48.3 Å². The fourth-order valence-corrected chi connectivity index (χ4v) is 4.45. The van der Waals surface area contributed by atoms with Gasteiger partial charge in [0.15, 0.2) is 0 Å². The van der Waals surface area contributed by atoms with Crippen LogP contribution in [0.25, 0.3) is 0 Å². The summed E-state index contributed by atoms with van der Waals surface area (Å²) in [4.78, 5) is 19.2. The van der Waals surface area contributed by atoms with Gasteiger partial charge in [-0.15, -0.1) is 6.58 Å². The molecule has 5 nitrogen and oxygen atoms in total. The van der Waals surface area contributed by atoms with Gasteiger partial charge in [-0.2, -0.15) is 0 Å². The maximum Gasteiger partial charge on any atom is 0.253 e. The second kappa shape index (κ2) is 10.1. The molecule has 0 radical (unpaired) electrons. The first kappa shape index (κ1) is 23.0. The Bertz CT molecular complexity index is 896. The molecule has 0 aliphatic carbocycles. The van der Waals surface area contributed by atoms with Gasteiger partial charge in [0.1, 0.15) is 5.75 Å². The number of aromatic hydroxyl groups is 1. The predicted molar refractivity (Wildman–Crippen MR) is 126 cm³/mol. The third-order valence-electron chi connectivity index (χ3n) is 6.34. The Morgan fingerprint density at radius 2 is 1.87 bits per heavy atom. The fraction of sp³-hybridized carbons (Fsp3) is 0.423. The molecule has 3 atom stereocenters. The summed E-state index contributed by atoms with van der Waals surface area (Å²) in [5.41, 5.74) is 2.87. The lowest BCUT2D eigenvalue weighted by Gasteiger charge is -2.47. The highest BCUT2D eigenvalue weighted by atomic mass is 16.3. The first-order valence-electron chi connectivity index (χ1n) is 11.1. The summed E-state index contributed by atoms with van der Waals surface area (Å²) >= 11 is 0. The quantitative estimate of drug-likeness (QED) is 0.682. The van der Waals surface area contributed by atoms with Crippen LogP contribution in [0.3, 0.4) is 0 Å². The highest BCUT2D eigenvalue weighted by Gasteiger charge is 2.34. The molecule has 1 heterocycles. The Morgan fingerprint density at radius 3 is 2.48 bits per heavy atom. The number of rotatable bonds is 7. The number of phenols is 1. The van der Waals surface area contributed by atoms with E-state index in [0.717, 1.165) is 30.8 Å². The summed E-state index contributed by atoms with van der Waals surface area (Å²) in [6.07, 6.45) is 1.97. The fourth-order valence-electron chi connectivity index (χ4n) is 4.45. The number of hydrogen-bond acceptors (Lipinski definition) is 4. The second-order valence-electron chi connectivity index (χ2n) is 8.58.